The summed E-state index contributed by atoms with van der Waals surface area (Å²) < 4.78 is 0. The van der Waals surface area contributed by atoms with Crippen molar-refractivity contribution in [2.24, 2.45) is 5.92 Å². The zero-order valence-electron chi connectivity index (χ0n) is 13.3. The number of hydrogen-bond donors (Lipinski definition) is 2. The molecule has 2 aromatic heterocycles. The number of carbonyl (C=O) groups excluding carboxylic acids is 1. The number of rotatable bonds is 5. The first-order chi connectivity index (χ1) is 10.5. The first-order valence-corrected chi connectivity index (χ1v) is 8.14. The number of aromatic nitrogens is 3. The summed E-state index contributed by atoms with van der Waals surface area (Å²) >= 11 is 1.39. The van der Waals surface area contributed by atoms with Gasteiger partial charge in [0.2, 0.25) is 5.13 Å². The summed E-state index contributed by atoms with van der Waals surface area (Å²) in [7, 11) is 0. The molecule has 0 spiro atoms. The molecule has 0 radical (unpaired) electrons. The number of nitrogens with zero attached hydrogens (tertiary/aromatic N) is 3. The van der Waals surface area contributed by atoms with E-state index in [0.29, 0.717) is 5.13 Å². The Kier molecular flexibility index (Phi) is 5.43. The van der Waals surface area contributed by atoms with Crippen LogP contribution in [0.25, 0.3) is 0 Å². The second-order valence-electron chi connectivity index (χ2n) is 5.38. The summed E-state index contributed by atoms with van der Waals surface area (Å²) in [4.78, 5) is 16.6. The van der Waals surface area contributed by atoms with Crippen LogP contribution < -0.4 is 10.6 Å². The highest BCUT2D eigenvalue weighted by molar-refractivity contribution is 7.15. The second kappa shape index (κ2) is 7.31. The molecule has 0 saturated heterocycles. The number of aryl methyl sites for hydroxylation is 2. The predicted molar refractivity (Wildman–Crippen MR) is 88.0 cm³/mol. The first kappa shape index (κ1) is 16.4. The Bertz CT molecular complexity index is 640. The maximum atomic E-state index is 12.2. The number of amides is 2. The highest BCUT2D eigenvalue weighted by Gasteiger charge is 2.21. The smallest absolute Gasteiger partial charge is 0.321 e. The van der Waals surface area contributed by atoms with Crippen LogP contribution in [0.1, 0.15) is 43.1 Å². The van der Waals surface area contributed by atoms with Crippen molar-refractivity contribution in [3.05, 3.63) is 34.6 Å². The van der Waals surface area contributed by atoms with Crippen LogP contribution in [0.2, 0.25) is 0 Å². The van der Waals surface area contributed by atoms with E-state index in [4.69, 9.17) is 0 Å². The van der Waals surface area contributed by atoms with Gasteiger partial charge < -0.3 is 5.32 Å². The lowest BCUT2D eigenvalue weighted by Crippen LogP contribution is -2.36. The topological polar surface area (TPSA) is 79.8 Å². The Morgan fingerprint density at radius 2 is 2.14 bits per heavy atom. The maximum absolute atomic E-state index is 12.2. The Hall–Kier alpha value is -2.02. The van der Waals surface area contributed by atoms with Gasteiger partial charge in [-0.05, 0) is 30.9 Å². The van der Waals surface area contributed by atoms with Gasteiger partial charge in [-0.25, -0.2) is 4.79 Å². The van der Waals surface area contributed by atoms with Gasteiger partial charge >= 0.3 is 6.03 Å². The molecular weight excluding hydrogens is 298 g/mol. The van der Waals surface area contributed by atoms with E-state index >= 15 is 0 Å². The van der Waals surface area contributed by atoms with E-state index in [9.17, 15) is 4.79 Å². The number of hydrogen-bond acceptors (Lipinski definition) is 5. The van der Waals surface area contributed by atoms with Gasteiger partial charge in [0.25, 0.3) is 0 Å². The van der Waals surface area contributed by atoms with Crippen molar-refractivity contribution in [2.45, 2.75) is 40.2 Å². The molecule has 0 bridgehead atoms. The summed E-state index contributed by atoms with van der Waals surface area (Å²) in [6.07, 6.45) is 2.55. The Balaban J connectivity index is 2.08. The Morgan fingerprint density at radius 1 is 1.36 bits per heavy atom. The molecule has 2 N–H and O–H groups in total. The zero-order valence-corrected chi connectivity index (χ0v) is 14.1. The van der Waals surface area contributed by atoms with Gasteiger partial charge in [-0.1, -0.05) is 38.2 Å². The van der Waals surface area contributed by atoms with Gasteiger partial charge in [0.1, 0.15) is 5.01 Å². The van der Waals surface area contributed by atoms with E-state index in [-0.39, 0.29) is 18.0 Å². The van der Waals surface area contributed by atoms with E-state index in [0.717, 1.165) is 22.7 Å². The largest absolute Gasteiger partial charge is 0.329 e. The van der Waals surface area contributed by atoms with Crippen molar-refractivity contribution in [3.8, 4) is 0 Å². The van der Waals surface area contributed by atoms with Crippen LogP contribution in [0.3, 0.4) is 0 Å². The van der Waals surface area contributed by atoms with Crippen LogP contribution in [-0.2, 0) is 6.42 Å². The fourth-order valence-electron chi connectivity index (χ4n) is 2.10. The maximum Gasteiger partial charge on any atom is 0.321 e. The molecule has 0 aliphatic carbocycles. The summed E-state index contributed by atoms with van der Waals surface area (Å²) in [6.45, 7) is 8.11. The quantitative estimate of drug-likeness (QED) is 0.886. The van der Waals surface area contributed by atoms with E-state index < -0.39 is 0 Å². The first-order valence-electron chi connectivity index (χ1n) is 7.32. The van der Waals surface area contributed by atoms with E-state index in [1.807, 2.05) is 26.0 Å². The van der Waals surface area contributed by atoms with E-state index in [1.54, 1.807) is 6.20 Å². The molecule has 0 unspecified atom stereocenters. The summed E-state index contributed by atoms with van der Waals surface area (Å²) in [6, 6.07) is 3.45. The molecule has 0 aliphatic heterocycles. The molecule has 2 aromatic rings. The SMILES string of the molecule is CCc1nnc(NC(=O)N[C@@H](c2ncccc2C)C(C)C)s1. The van der Waals surface area contributed by atoms with Gasteiger partial charge in [0, 0.05) is 6.20 Å². The normalized spacial score (nSPS) is 12.2. The second-order valence-corrected chi connectivity index (χ2v) is 6.44. The third-order valence-corrected chi connectivity index (χ3v) is 4.27. The van der Waals surface area contributed by atoms with E-state index in [1.165, 1.54) is 11.3 Å². The van der Waals surface area contributed by atoms with Crippen molar-refractivity contribution in [3.63, 3.8) is 0 Å². The molecule has 7 heteroatoms. The highest BCUT2D eigenvalue weighted by atomic mass is 32.1. The van der Waals surface area contributed by atoms with Crippen LogP contribution in [0.15, 0.2) is 18.3 Å². The monoisotopic (exact) mass is 319 g/mol. The molecule has 0 saturated carbocycles. The molecule has 0 aliphatic rings. The number of carbonyl (C=O) groups is 1. The van der Waals surface area contributed by atoms with Crippen molar-refractivity contribution in [1.82, 2.24) is 20.5 Å². The average Bonchev–Trinajstić information content (AvgIpc) is 2.93. The minimum Gasteiger partial charge on any atom is -0.329 e. The molecule has 2 rings (SSSR count). The van der Waals surface area contributed by atoms with Crippen LogP contribution in [0.5, 0.6) is 0 Å². The van der Waals surface area contributed by atoms with Crippen LogP contribution >= 0.6 is 11.3 Å². The number of pyridine rings is 1. The van der Waals surface area contributed by atoms with Gasteiger partial charge in [0.05, 0.1) is 11.7 Å². The van der Waals surface area contributed by atoms with Gasteiger partial charge in [-0.15, -0.1) is 10.2 Å². The average molecular weight is 319 g/mol. The van der Waals surface area contributed by atoms with Crippen LogP contribution in [0, 0.1) is 12.8 Å². The van der Waals surface area contributed by atoms with Crippen molar-refractivity contribution < 1.29 is 4.79 Å². The van der Waals surface area contributed by atoms with Crippen LogP contribution in [-0.4, -0.2) is 21.2 Å². The Labute approximate surface area is 134 Å². The summed E-state index contributed by atoms with van der Waals surface area (Å²) in [5, 5.41) is 15.1. The zero-order chi connectivity index (χ0) is 16.1. The van der Waals surface area contributed by atoms with Gasteiger partial charge in [-0.2, -0.15) is 0 Å². The summed E-state index contributed by atoms with van der Waals surface area (Å²) in [5.41, 5.74) is 1.95. The molecule has 2 amide bonds. The fraction of sp³-hybridized carbons (Fsp3) is 0.467. The highest BCUT2D eigenvalue weighted by Crippen LogP contribution is 2.23. The van der Waals surface area contributed by atoms with Crippen LogP contribution in [0.4, 0.5) is 9.93 Å². The molecule has 0 aromatic carbocycles. The third-order valence-electron chi connectivity index (χ3n) is 3.29. The molecule has 118 valence electrons. The van der Waals surface area contributed by atoms with Crippen molar-refractivity contribution in [2.75, 3.05) is 5.32 Å². The molecule has 2 heterocycles. The minimum absolute atomic E-state index is 0.153. The lowest BCUT2D eigenvalue weighted by atomic mass is 9.97. The lowest BCUT2D eigenvalue weighted by molar-refractivity contribution is 0.244. The Morgan fingerprint density at radius 3 is 2.73 bits per heavy atom. The number of anilines is 1. The lowest BCUT2D eigenvalue weighted by Gasteiger charge is -2.23. The summed E-state index contributed by atoms with van der Waals surface area (Å²) in [5.74, 6) is 0.222. The molecule has 0 fully saturated rings. The third kappa shape index (κ3) is 4.00. The van der Waals surface area contributed by atoms with Crippen molar-refractivity contribution >= 4 is 22.5 Å². The molecular formula is C15H21N5OS. The van der Waals surface area contributed by atoms with Crippen molar-refractivity contribution in [1.29, 1.82) is 0 Å². The molecule has 6 nitrogen and oxygen atoms in total. The number of nitrogens with one attached hydrogen (secondary N) is 2. The van der Waals surface area contributed by atoms with Gasteiger partial charge in [0.15, 0.2) is 0 Å². The fourth-order valence-corrected chi connectivity index (χ4v) is 2.77. The number of urea groups is 1. The van der Waals surface area contributed by atoms with E-state index in [2.05, 4.69) is 39.7 Å². The van der Waals surface area contributed by atoms with Gasteiger partial charge in [-0.3, -0.25) is 10.3 Å². The standard InChI is InChI=1S/C15H21N5OS/c1-5-11-19-20-15(22-11)18-14(21)17-12(9(2)3)13-10(4)7-6-8-16-13/h6-9,12H,5H2,1-4H3,(H2,17,18,20,21)/t12-/m1/s1. The predicted octanol–water partition coefficient (Wildman–Crippen LogP) is 3.32. The molecule has 22 heavy (non-hydrogen) atoms. The minimum atomic E-state index is -0.289. The molecule has 1 atom stereocenters.